The number of allylic oxidation sites excluding steroid dienone is 1. The van der Waals surface area contributed by atoms with Gasteiger partial charge in [-0.3, -0.25) is 5.32 Å². The van der Waals surface area contributed by atoms with E-state index in [0.717, 1.165) is 5.56 Å². The van der Waals surface area contributed by atoms with Crippen molar-refractivity contribution in [1.82, 2.24) is 5.32 Å². The summed E-state index contributed by atoms with van der Waals surface area (Å²) in [5.41, 5.74) is 1.54. The molecule has 98 valence electrons. The average molecular weight is 309 g/mol. The summed E-state index contributed by atoms with van der Waals surface area (Å²) in [6.07, 6.45) is -0.175. The lowest BCUT2D eigenvalue weighted by Crippen LogP contribution is -2.27. The van der Waals surface area contributed by atoms with Gasteiger partial charge in [-0.25, -0.2) is 4.79 Å². The molecule has 0 fully saturated rings. The maximum absolute atomic E-state index is 11.3. The van der Waals surface area contributed by atoms with Crippen molar-refractivity contribution in [1.29, 1.82) is 0 Å². The topological polar surface area (TPSA) is 38.3 Å². The predicted molar refractivity (Wildman–Crippen MR) is 74.1 cm³/mol. The van der Waals surface area contributed by atoms with E-state index in [1.54, 1.807) is 0 Å². The van der Waals surface area contributed by atoms with E-state index in [2.05, 4.69) is 11.9 Å². The van der Waals surface area contributed by atoms with Gasteiger partial charge in [0, 0.05) is 12.1 Å². The fraction of sp³-hybridized carbons (Fsp3) is 0.250. The Morgan fingerprint density at radius 3 is 2.44 bits per heavy atom. The van der Waals surface area contributed by atoms with E-state index in [0.29, 0.717) is 12.1 Å². The van der Waals surface area contributed by atoms with Gasteiger partial charge >= 0.3 is 6.09 Å². The molecule has 1 aromatic rings. The van der Waals surface area contributed by atoms with Crippen LogP contribution in [0, 0.1) is 0 Å². The summed E-state index contributed by atoms with van der Waals surface area (Å²) in [5.74, 6) is 0. The number of ether oxygens (including phenoxy) is 1. The normalized spacial score (nSPS) is 10.8. The molecule has 0 aliphatic heterocycles. The third kappa shape index (κ3) is 6.74. The SMILES string of the molecule is C=C(Cc1ccccc1)NC(=O)OCC(Cl)(Cl)Cl. The van der Waals surface area contributed by atoms with Gasteiger partial charge in [-0.15, -0.1) is 0 Å². The van der Waals surface area contributed by atoms with Crippen molar-refractivity contribution in [3.63, 3.8) is 0 Å². The molecule has 1 amide bonds. The highest BCUT2D eigenvalue weighted by Gasteiger charge is 2.22. The largest absolute Gasteiger partial charge is 0.445 e. The number of carbonyl (C=O) groups is 1. The van der Waals surface area contributed by atoms with Gasteiger partial charge in [0.05, 0.1) is 0 Å². The number of alkyl halides is 3. The number of carbonyl (C=O) groups excluding carboxylic acids is 1. The molecule has 0 radical (unpaired) electrons. The van der Waals surface area contributed by atoms with Crippen LogP contribution in [0.15, 0.2) is 42.6 Å². The van der Waals surface area contributed by atoms with Gasteiger partial charge in [0.25, 0.3) is 0 Å². The molecule has 0 saturated heterocycles. The first kappa shape index (κ1) is 15.2. The van der Waals surface area contributed by atoms with Crippen molar-refractivity contribution in [2.75, 3.05) is 6.61 Å². The molecule has 18 heavy (non-hydrogen) atoms. The molecular weight excluding hydrogens is 296 g/mol. The number of hydrogen-bond donors (Lipinski definition) is 1. The number of hydrogen-bond acceptors (Lipinski definition) is 2. The van der Waals surface area contributed by atoms with E-state index < -0.39 is 9.89 Å². The summed E-state index contributed by atoms with van der Waals surface area (Å²) >= 11 is 16.3. The second-order valence-electron chi connectivity index (χ2n) is 3.58. The number of nitrogens with one attached hydrogen (secondary N) is 1. The van der Waals surface area contributed by atoms with Crippen molar-refractivity contribution in [3.05, 3.63) is 48.2 Å². The Hall–Kier alpha value is -0.900. The summed E-state index contributed by atoms with van der Waals surface area (Å²) in [6, 6.07) is 9.58. The highest BCUT2D eigenvalue weighted by atomic mass is 35.6. The molecule has 0 atom stereocenters. The number of rotatable bonds is 4. The van der Waals surface area contributed by atoms with Gasteiger partial charge in [-0.05, 0) is 5.56 Å². The van der Waals surface area contributed by atoms with E-state index >= 15 is 0 Å². The number of halogens is 3. The summed E-state index contributed by atoms with van der Waals surface area (Å²) < 4.78 is 3.10. The molecule has 0 unspecified atom stereocenters. The van der Waals surface area contributed by atoms with Gasteiger partial charge in [0.2, 0.25) is 3.79 Å². The Morgan fingerprint density at radius 2 is 1.89 bits per heavy atom. The Bertz CT molecular complexity index is 415. The van der Waals surface area contributed by atoms with Crippen LogP contribution in [0.5, 0.6) is 0 Å². The highest BCUT2D eigenvalue weighted by Crippen LogP contribution is 2.25. The minimum absolute atomic E-state index is 0.317. The van der Waals surface area contributed by atoms with Crippen LogP contribution >= 0.6 is 34.8 Å². The quantitative estimate of drug-likeness (QED) is 0.858. The van der Waals surface area contributed by atoms with E-state index in [1.165, 1.54) is 0 Å². The summed E-state index contributed by atoms with van der Waals surface area (Å²) in [5, 5.41) is 2.47. The first-order valence-electron chi connectivity index (χ1n) is 5.09. The molecule has 1 N–H and O–H groups in total. The van der Waals surface area contributed by atoms with Crippen LogP contribution in [0.25, 0.3) is 0 Å². The van der Waals surface area contributed by atoms with Crippen molar-refractivity contribution < 1.29 is 9.53 Å². The van der Waals surface area contributed by atoms with Crippen LogP contribution in [0.2, 0.25) is 0 Å². The number of benzene rings is 1. The van der Waals surface area contributed by atoms with Crippen LogP contribution in [0.1, 0.15) is 5.56 Å². The molecule has 1 rings (SSSR count). The van der Waals surface area contributed by atoms with Crippen LogP contribution < -0.4 is 5.32 Å². The average Bonchev–Trinajstić information content (AvgIpc) is 2.26. The fourth-order valence-corrected chi connectivity index (χ4v) is 1.38. The van der Waals surface area contributed by atoms with Crippen LogP contribution in [-0.2, 0) is 11.2 Å². The summed E-state index contributed by atoms with van der Waals surface area (Å²) in [7, 11) is 0. The maximum atomic E-state index is 11.3. The van der Waals surface area contributed by atoms with Gasteiger partial charge in [0.15, 0.2) is 0 Å². The zero-order valence-electron chi connectivity index (χ0n) is 9.46. The highest BCUT2D eigenvalue weighted by molar-refractivity contribution is 6.67. The lowest BCUT2D eigenvalue weighted by molar-refractivity contribution is 0.151. The van der Waals surface area contributed by atoms with E-state index in [4.69, 9.17) is 39.5 Å². The van der Waals surface area contributed by atoms with Crippen LogP contribution in [-0.4, -0.2) is 16.5 Å². The van der Waals surface area contributed by atoms with E-state index in [1.807, 2.05) is 30.3 Å². The molecule has 0 saturated carbocycles. The lowest BCUT2D eigenvalue weighted by Gasteiger charge is -2.13. The van der Waals surface area contributed by atoms with Crippen LogP contribution in [0.3, 0.4) is 0 Å². The van der Waals surface area contributed by atoms with Gasteiger partial charge < -0.3 is 4.74 Å². The standard InChI is InChI=1S/C12H12Cl3NO2/c1-9(7-10-5-3-2-4-6-10)16-11(17)18-8-12(13,14)15/h2-6H,1,7-8H2,(H,16,17). The fourth-order valence-electron chi connectivity index (χ4n) is 1.21. The van der Waals surface area contributed by atoms with Crippen molar-refractivity contribution >= 4 is 40.9 Å². The zero-order valence-corrected chi connectivity index (χ0v) is 11.7. The van der Waals surface area contributed by atoms with Crippen molar-refractivity contribution in [2.45, 2.75) is 10.2 Å². The van der Waals surface area contributed by atoms with Crippen LogP contribution in [0.4, 0.5) is 4.79 Å². The minimum Gasteiger partial charge on any atom is -0.445 e. The molecule has 0 heterocycles. The first-order chi connectivity index (χ1) is 8.37. The monoisotopic (exact) mass is 307 g/mol. The predicted octanol–water partition coefficient (Wildman–Crippen LogP) is 3.84. The first-order valence-corrected chi connectivity index (χ1v) is 6.22. The number of alkyl carbamates (subject to hydrolysis) is 1. The molecule has 3 nitrogen and oxygen atoms in total. The second kappa shape index (κ2) is 6.88. The zero-order chi connectivity index (χ0) is 13.6. The Labute approximate surface area is 121 Å². The molecule has 1 aromatic carbocycles. The Balaban J connectivity index is 2.34. The second-order valence-corrected chi connectivity index (χ2v) is 6.10. The van der Waals surface area contributed by atoms with E-state index in [9.17, 15) is 4.79 Å². The van der Waals surface area contributed by atoms with Gasteiger partial charge in [0.1, 0.15) is 6.61 Å². The van der Waals surface area contributed by atoms with E-state index in [-0.39, 0.29) is 6.61 Å². The third-order valence-electron chi connectivity index (χ3n) is 1.91. The smallest absolute Gasteiger partial charge is 0.411 e. The minimum atomic E-state index is -1.61. The lowest BCUT2D eigenvalue weighted by atomic mass is 10.1. The summed E-state index contributed by atoms with van der Waals surface area (Å²) in [4.78, 5) is 11.3. The molecule has 0 aliphatic rings. The molecule has 6 heteroatoms. The Kier molecular flexibility index (Phi) is 5.79. The molecule has 0 aliphatic carbocycles. The Morgan fingerprint density at radius 1 is 1.28 bits per heavy atom. The molecule has 0 spiro atoms. The third-order valence-corrected chi connectivity index (χ3v) is 2.23. The summed E-state index contributed by atoms with van der Waals surface area (Å²) in [6.45, 7) is 3.41. The van der Waals surface area contributed by atoms with Crippen molar-refractivity contribution in [3.8, 4) is 0 Å². The van der Waals surface area contributed by atoms with Gasteiger partial charge in [-0.2, -0.15) is 0 Å². The molecule has 0 bridgehead atoms. The maximum Gasteiger partial charge on any atom is 0.411 e. The van der Waals surface area contributed by atoms with Gasteiger partial charge in [-0.1, -0.05) is 71.7 Å². The van der Waals surface area contributed by atoms with Crippen molar-refractivity contribution in [2.24, 2.45) is 0 Å². The number of amides is 1. The molecule has 0 aromatic heterocycles. The molecular formula is C12H12Cl3NO2.